The summed E-state index contributed by atoms with van der Waals surface area (Å²) in [6.07, 6.45) is 2.38. The molecule has 0 amide bonds. The summed E-state index contributed by atoms with van der Waals surface area (Å²) >= 11 is 3.49. The maximum absolute atomic E-state index is 3.57. The van der Waals surface area contributed by atoms with E-state index < -0.39 is 0 Å². The van der Waals surface area contributed by atoms with Gasteiger partial charge in [0.05, 0.1) is 0 Å². The highest BCUT2D eigenvalue weighted by molar-refractivity contribution is 9.10. The summed E-state index contributed by atoms with van der Waals surface area (Å²) in [4.78, 5) is 2.41. The molecule has 3 heteroatoms. The fourth-order valence-corrected chi connectivity index (χ4v) is 2.44. The van der Waals surface area contributed by atoms with E-state index in [0.717, 1.165) is 24.0 Å². The Morgan fingerprint density at radius 2 is 1.83 bits per heavy atom. The van der Waals surface area contributed by atoms with Crippen molar-refractivity contribution in [2.24, 2.45) is 0 Å². The molecular weight excluding hydrogens is 288 g/mol. The minimum Gasteiger partial charge on any atom is -0.310 e. The molecule has 1 aromatic carbocycles. The number of rotatable bonds is 8. The van der Waals surface area contributed by atoms with Gasteiger partial charge < -0.3 is 10.2 Å². The zero-order valence-corrected chi connectivity index (χ0v) is 13.3. The van der Waals surface area contributed by atoms with Crippen molar-refractivity contribution in [3.8, 4) is 0 Å². The summed E-state index contributed by atoms with van der Waals surface area (Å²) < 4.78 is 1.14. The van der Waals surface area contributed by atoms with Gasteiger partial charge in [0.15, 0.2) is 0 Å². The van der Waals surface area contributed by atoms with Crippen LogP contribution in [0.5, 0.6) is 0 Å². The molecule has 1 N–H and O–H groups in total. The van der Waals surface area contributed by atoms with Crippen molar-refractivity contribution in [3.63, 3.8) is 0 Å². The van der Waals surface area contributed by atoms with Crippen LogP contribution in [0.15, 0.2) is 28.7 Å². The van der Waals surface area contributed by atoms with Gasteiger partial charge >= 0.3 is 0 Å². The Labute approximate surface area is 120 Å². The van der Waals surface area contributed by atoms with Gasteiger partial charge in [-0.3, -0.25) is 0 Å². The molecular formula is C15H25BrN2. The molecule has 1 atom stereocenters. The van der Waals surface area contributed by atoms with Crippen LogP contribution in [0.4, 0.5) is 0 Å². The fourth-order valence-electron chi connectivity index (χ4n) is 2.17. The normalized spacial score (nSPS) is 12.9. The van der Waals surface area contributed by atoms with Crippen LogP contribution in [0.3, 0.4) is 0 Å². The van der Waals surface area contributed by atoms with Crippen molar-refractivity contribution >= 4 is 15.9 Å². The molecule has 0 bridgehead atoms. The predicted molar refractivity (Wildman–Crippen MR) is 83.0 cm³/mol. The van der Waals surface area contributed by atoms with E-state index in [0.29, 0.717) is 6.04 Å². The molecule has 0 fully saturated rings. The molecule has 102 valence electrons. The Kier molecular flexibility index (Phi) is 7.56. The van der Waals surface area contributed by atoms with E-state index in [1.165, 1.54) is 18.5 Å². The van der Waals surface area contributed by atoms with Crippen LogP contribution in [0, 0.1) is 0 Å². The highest BCUT2D eigenvalue weighted by Gasteiger charge is 2.10. The van der Waals surface area contributed by atoms with Crippen LogP contribution in [-0.2, 0) is 0 Å². The molecule has 0 heterocycles. The van der Waals surface area contributed by atoms with Crippen molar-refractivity contribution in [2.45, 2.75) is 32.7 Å². The van der Waals surface area contributed by atoms with Gasteiger partial charge in [-0.15, -0.1) is 0 Å². The molecule has 1 unspecified atom stereocenters. The minimum atomic E-state index is 0.461. The Hall–Kier alpha value is -0.380. The van der Waals surface area contributed by atoms with E-state index >= 15 is 0 Å². The lowest BCUT2D eigenvalue weighted by molar-refractivity contribution is 0.309. The number of hydrogen-bond donors (Lipinski definition) is 1. The average Bonchev–Trinajstić information content (AvgIpc) is 2.36. The van der Waals surface area contributed by atoms with Crippen molar-refractivity contribution < 1.29 is 0 Å². The van der Waals surface area contributed by atoms with E-state index in [1.807, 2.05) is 0 Å². The third kappa shape index (κ3) is 5.51. The highest BCUT2D eigenvalue weighted by Crippen LogP contribution is 2.19. The number of nitrogens with zero attached hydrogens (tertiary/aromatic N) is 1. The van der Waals surface area contributed by atoms with E-state index in [-0.39, 0.29) is 0 Å². The first kappa shape index (κ1) is 15.7. The average molecular weight is 313 g/mol. The molecule has 0 saturated carbocycles. The lowest BCUT2D eigenvalue weighted by Gasteiger charge is -2.22. The van der Waals surface area contributed by atoms with Crippen molar-refractivity contribution in [2.75, 3.05) is 26.7 Å². The maximum atomic E-state index is 3.57. The molecule has 2 nitrogen and oxygen atoms in total. The zero-order chi connectivity index (χ0) is 13.4. The quantitative estimate of drug-likeness (QED) is 0.784. The van der Waals surface area contributed by atoms with Gasteiger partial charge in [0.2, 0.25) is 0 Å². The standard InChI is InChI=1S/C15H25BrN2/c1-4-11-18(3)12-10-15(17-5-2)13-6-8-14(16)9-7-13/h6-9,15,17H,4-5,10-12H2,1-3H3. The van der Waals surface area contributed by atoms with Gasteiger partial charge in [-0.25, -0.2) is 0 Å². The van der Waals surface area contributed by atoms with Gasteiger partial charge in [-0.1, -0.05) is 41.9 Å². The van der Waals surface area contributed by atoms with E-state index in [4.69, 9.17) is 0 Å². The first-order valence-electron chi connectivity index (χ1n) is 6.84. The lowest BCUT2D eigenvalue weighted by Crippen LogP contribution is -2.27. The second-order valence-electron chi connectivity index (χ2n) is 4.75. The van der Waals surface area contributed by atoms with E-state index in [1.54, 1.807) is 0 Å². The summed E-state index contributed by atoms with van der Waals surface area (Å²) in [6.45, 7) is 7.73. The molecule has 18 heavy (non-hydrogen) atoms. The van der Waals surface area contributed by atoms with Crippen molar-refractivity contribution in [1.82, 2.24) is 10.2 Å². The number of hydrogen-bond acceptors (Lipinski definition) is 2. The molecule has 0 radical (unpaired) electrons. The summed E-state index contributed by atoms with van der Waals surface area (Å²) in [5.41, 5.74) is 1.38. The second kappa shape index (κ2) is 8.68. The SMILES string of the molecule is CCCN(C)CCC(NCC)c1ccc(Br)cc1. The van der Waals surface area contributed by atoms with Gasteiger partial charge in [-0.05, 0) is 57.2 Å². The summed E-state index contributed by atoms with van der Waals surface area (Å²) in [6, 6.07) is 9.11. The second-order valence-corrected chi connectivity index (χ2v) is 5.67. The van der Waals surface area contributed by atoms with E-state index in [9.17, 15) is 0 Å². The first-order valence-corrected chi connectivity index (χ1v) is 7.64. The van der Waals surface area contributed by atoms with E-state index in [2.05, 4.69) is 71.3 Å². The van der Waals surface area contributed by atoms with Gasteiger partial charge in [0, 0.05) is 10.5 Å². The number of halogens is 1. The largest absolute Gasteiger partial charge is 0.310 e. The maximum Gasteiger partial charge on any atom is 0.0332 e. The molecule has 0 saturated heterocycles. The van der Waals surface area contributed by atoms with Crippen LogP contribution in [0.1, 0.15) is 38.3 Å². The van der Waals surface area contributed by atoms with Crippen LogP contribution < -0.4 is 5.32 Å². The summed E-state index contributed by atoms with van der Waals surface area (Å²) in [7, 11) is 2.20. The molecule has 0 aliphatic rings. The highest BCUT2D eigenvalue weighted by atomic mass is 79.9. The monoisotopic (exact) mass is 312 g/mol. The smallest absolute Gasteiger partial charge is 0.0332 e. The zero-order valence-electron chi connectivity index (χ0n) is 11.7. The third-order valence-electron chi connectivity index (χ3n) is 3.13. The summed E-state index contributed by atoms with van der Waals surface area (Å²) in [5, 5.41) is 3.57. The Balaban J connectivity index is 2.56. The molecule has 0 aliphatic heterocycles. The number of nitrogens with one attached hydrogen (secondary N) is 1. The number of benzene rings is 1. The predicted octanol–water partition coefficient (Wildman–Crippen LogP) is 3.83. The Bertz CT molecular complexity index is 324. The van der Waals surface area contributed by atoms with Crippen LogP contribution in [0.25, 0.3) is 0 Å². The molecule has 0 aromatic heterocycles. The van der Waals surface area contributed by atoms with Crippen molar-refractivity contribution in [3.05, 3.63) is 34.3 Å². The van der Waals surface area contributed by atoms with Gasteiger partial charge in [0.25, 0.3) is 0 Å². The van der Waals surface area contributed by atoms with Crippen LogP contribution in [0.2, 0.25) is 0 Å². The van der Waals surface area contributed by atoms with Crippen molar-refractivity contribution in [1.29, 1.82) is 0 Å². The molecule has 1 rings (SSSR count). The fraction of sp³-hybridized carbons (Fsp3) is 0.600. The Morgan fingerprint density at radius 3 is 2.39 bits per heavy atom. The molecule has 0 spiro atoms. The third-order valence-corrected chi connectivity index (χ3v) is 3.66. The van der Waals surface area contributed by atoms with Gasteiger partial charge in [-0.2, -0.15) is 0 Å². The molecule has 1 aromatic rings. The Morgan fingerprint density at radius 1 is 1.17 bits per heavy atom. The minimum absolute atomic E-state index is 0.461. The topological polar surface area (TPSA) is 15.3 Å². The lowest BCUT2D eigenvalue weighted by atomic mass is 10.0. The summed E-state index contributed by atoms with van der Waals surface area (Å²) in [5.74, 6) is 0. The molecule has 0 aliphatic carbocycles. The first-order chi connectivity index (χ1) is 8.67. The van der Waals surface area contributed by atoms with Crippen LogP contribution >= 0.6 is 15.9 Å². The van der Waals surface area contributed by atoms with Crippen LogP contribution in [-0.4, -0.2) is 31.6 Å². The van der Waals surface area contributed by atoms with Gasteiger partial charge in [0.1, 0.15) is 0 Å².